The number of methoxy groups -OCH3 is 1. The first-order chi connectivity index (χ1) is 11.2. The molecular formula is C19H23ClO3. The highest BCUT2D eigenvalue weighted by Gasteiger charge is 2.12. The SMILES string of the molecule is COc1cc(C(O)CCCCCl)ccc1OCc1ccccc1. The largest absolute Gasteiger partial charge is 0.493 e. The van der Waals surface area contributed by atoms with Crippen LogP contribution < -0.4 is 9.47 Å². The Kier molecular flexibility index (Phi) is 7.24. The number of rotatable bonds is 9. The molecule has 3 nitrogen and oxygen atoms in total. The first-order valence-corrected chi connectivity index (χ1v) is 8.36. The second kappa shape index (κ2) is 9.43. The molecule has 0 aromatic heterocycles. The summed E-state index contributed by atoms with van der Waals surface area (Å²) in [5, 5.41) is 10.2. The highest BCUT2D eigenvalue weighted by Crippen LogP contribution is 2.32. The van der Waals surface area contributed by atoms with Gasteiger partial charge in [-0.05, 0) is 42.5 Å². The van der Waals surface area contributed by atoms with Crippen molar-refractivity contribution in [3.05, 3.63) is 59.7 Å². The molecular weight excluding hydrogens is 312 g/mol. The van der Waals surface area contributed by atoms with Crippen LogP contribution in [-0.4, -0.2) is 18.1 Å². The van der Waals surface area contributed by atoms with Crippen LogP contribution in [0.5, 0.6) is 11.5 Å². The molecule has 0 fully saturated rings. The minimum atomic E-state index is -0.504. The zero-order chi connectivity index (χ0) is 16.5. The van der Waals surface area contributed by atoms with Gasteiger partial charge in [0.1, 0.15) is 6.61 Å². The lowest BCUT2D eigenvalue weighted by molar-refractivity contribution is 0.163. The van der Waals surface area contributed by atoms with Gasteiger partial charge in [0.15, 0.2) is 11.5 Å². The van der Waals surface area contributed by atoms with Crippen LogP contribution >= 0.6 is 11.6 Å². The van der Waals surface area contributed by atoms with Crippen molar-refractivity contribution in [3.8, 4) is 11.5 Å². The summed E-state index contributed by atoms with van der Waals surface area (Å²) in [4.78, 5) is 0. The molecule has 0 radical (unpaired) electrons. The van der Waals surface area contributed by atoms with E-state index in [-0.39, 0.29) is 0 Å². The van der Waals surface area contributed by atoms with Gasteiger partial charge in [-0.15, -0.1) is 11.6 Å². The fourth-order valence-electron chi connectivity index (χ4n) is 2.34. The summed E-state index contributed by atoms with van der Waals surface area (Å²) in [5.74, 6) is 1.94. The third-order valence-electron chi connectivity index (χ3n) is 3.67. The molecule has 23 heavy (non-hydrogen) atoms. The molecule has 0 bridgehead atoms. The highest BCUT2D eigenvalue weighted by molar-refractivity contribution is 6.17. The molecule has 0 heterocycles. The van der Waals surface area contributed by atoms with Gasteiger partial charge in [0, 0.05) is 5.88 Å². The van der Waals surface area contributed by atoms with Crippen molar-refractivity contribution in [2.45, 2.75) is 32.0 Å². The summed E-state index contributed by atoms with van der Waals surface area (Å²) in [6.45, 7) is 0.481. The Bertz CT molecular complexity index is 586. The molecule has 0 spiro atoms. The summed E-state index contributed by atoms with van der Waals surface area (Å²) in [7, 11) is 1.61. The first kappa shape index (κ1) is 17.6. The number of halogens is 1. The van der Waals surface area contributed by atoms with Crippen molar-refractivity contribution >= 4 is 11.6 Å². The minimum Gasteiger partial charge on any atom is -0.493 e. The fourth-order valence-corrected chi connectivity index (χ4v) is 2.53. The van der Waals surface area contributed by atoms with Crippen LogP contribution in [0.2, 0.25) is 0 Å². The molecule has 2 aromatic rings. The molecule has 0 saturated heterocycles. The number of alkyl halides is 1. The van der Waals surface area contributed by atoms with Crippen LogP contribution in [0, 0.1) is 0 Å². The van der Waals surface area contributed by atoms with Crippen LogP contribution in [0.4, 0.5) is 0 Å². The maximum atomic E-state index is 10.2. The molecule has 0 aliphatic heterocycles. The zero-order valence-electron chi connectivity index (χ0n) is 13.4. The topological polar surface area (TPSA) is 38.7 Å². The zero-order valence-corrected chi connectivity index (χ0v) is 14.1. The standard InChI is InChI=1S/C19H23ClO3/c1-22-19-13-16(17(21)9-5-6-12-20)10-11-18(19)23-14-15-7-3-2-4-8-15/h2-4,7-8,10-11,13,17,21H,5-6,9,12,14H2,1H3. The maximum absolute atomic E-state index is 10.2. The Hall–Kier alpha value is -1.71. The normalized spacial score (nSPS) is 12.0. The quantitative estimate of drug-likeness (QED) is 0.533. The van der Waals surface area contributed by atoms with Crippen LogP contribution in [-0.2, 0) is 6.61 Å². The lowest BCUT2D eigenvalue weighted by Crippen LogP contribution is -2.01. The van der Waals surface area contributed by atoms with Gasteiger partial charge >= 0.3 is 0 Å². The predicted molar refractivity (Wildman–Crippen MR) is 93.3 cm³/mol. The van der Waals surface area contributed by atoms with E-state index >= 15 is 0 Å². The second-order valence-corrected chi connectivity index (χ2v) is 5.76. The summed E-state index contributed by atoms with van der Waals surface area (Å²) in [6.07, 6.45) is 2.00. The van der Waals surface area contributed by atoms with E-state index in [0.717, 1.165) is 24.0 Å². The van der Waals surface area contributed by atoms with E-state index in [2.05, 4.69) is 0 Å². The summed E-state index contributed by atoms with van der Waals surface area (Å²) < 4.78 is 11.2. The van der Waals surface area contributed by atoms with E-state index in [4.69, 9.17) is 21.1 Å². The van der Waals surface area contributed by atoms with E-state index in [9.17, 15) is 5.11 Å². The Morgan fingerprint density at radius 1 is 1.04 bits per heavy atom. The second-order valence-electron chi connectivity index (χ2n) is 5.39. The molecule has 1 unspecified atom stereocenters. The average Bonchev–Trinajstić information content (AvgIpc) is 2.60. The van der Waals surface area contributed by atoms with E-state index in [1.807, 2.05) is 48.5 Å². The maximum Gasteiger partial charge on any atom is 0.161 e. The van der Waals surface area contributed by atoms with E-state index in [0.29, 0.717) is 30.4 Å². The van der Waals surface area contributed by atoms with Crippen molar-refractivity contribution in [1.82, 2.24) is 0 Å². The van der Waals surface area contributed by atoms with Crippen molar-refractivity contribution in [3.63, 3.8) is 0 Å². The predicted octanol–water partition coefficient (Wildman–Crippen LogP) is 4.72. The van der Waals surface area contributed by atoms with Gasteiger partial charge in [-0.1, -0.05) is 36.4 Å². The van der Waals surface area contributed by atoms with Crippen molar-refractivity contribution in [2.75, 3.05) is 13.0 Å². The molecule has 4 heteroatoms. The number of ether oxygens (including phenoxy) is 2. The minimum absolute atomic E-state index is 0.481. The van der Waals surface area contributed by atoms with E-state index in [1.54, 1.807) is 7.11 Å². The number of aliphatic hydroxyl groups excluding tert-OH is 1. The van der Waals surface area contributed by atoms with E-state index < -0.39 is 6.10 Å². The third kappa shape index (κ3) is 5.45. The van der Waals surface area contributed by atoms with Gasteiger partial charge < -0.3 is 14.6 Å². The third-order valence-corrected chi connectivity index (χ3v) is 3.94. The molecule has 1 N–H and O–H groups in total. The molecule has 124 valence electrons. The average molecular weight is 335 g/mol. The summed E-state index contributed by atoms with van der Waals surface area (Å²) >= 11 is 5.67. The first-order valence-electron chi connectivity index (χ1n) is 7.83. The van der Waals surface area contributed by atoms with Gasteiger partial charge in [0.2, 0.25) is 0 Å². The van der Waals surface area contributed by atoms with Gasteiger partial charge in [0.25, 0.3) is 0 Å². The Morgan fingerprint density at radius 3 is 2.52 bits per heavy atom. The Labute approximate surface area is 142 Å². The molecule has 2 rings (SSSR count). The fraction of sp³-hybridized carbons (Fsp3) is 0.368. The van der Waals surface area contributed by atoms with Gasteiger partial charge in [-0.3, -0.25) is 0 Å². The van der Waals surface area contributed by atoms with Gasteiger partial charge in [0.05, 0.1) is 13.2 Å². The smallest absolute Gasteiger partial charge is 0.161 e. The van der Waals surface area contributed by atoms with Gasteiger partial charge in [-0.25, -0.2) is 0 Å². The summed E-state index contributed by atoms with van der Waals surface area (Å²) in [5.41, 5.74) is 1.93. The molecule has 0 amide bonds. The molecule has 0 aliphatic carbocycles. The van der Waals surface area contributed by atoms with Gasteiger partial charge in [-0.2, -0.15) is 0 Å². The molecule has 1 atom stereocenters. The lowest BCUT2D eigenvalue weighted by atomic mass is 10.0. The highest BCUT2D eigenvalue weighted by atomic mass is 35.5. The van der Waals surface area contributed by atoms with Crippen molar-refractivity contribution < 1.29 is 14.6 Å². The molecule has 0 aliphatic rings. The Balaban J connectivity index is 2.01. The number of hydrogen-bond donors (Lipinski definition) is 1. The number of benzene rings is 2. The van der Waals surface area contributed by atoms with Crippen LogP contribution in [0.25, 0.3) is 0 Å². The lowest BCUT2D eigenvalue weighted by Gasteiger charge is -2.15. The van der Waals surface area contributed by atoms with Crippen LogP contribution in [0.3, 0.4) is 0 Å². The Morgan fingerprint density at radius 2 is 1.83 bits per heavy atom. The number of unbranched alkanes of at least 4 members (excludes halogenated alkanes) is 1. The van der Waals surface area contributed by atoms with Crippen LogP contribution in [0.1, 0.15) is 36.5 Å². The van der Waals surface area contributed by atoms with E-state index in [1.165, 1.54) is 0 Å². The number of aliphatic hydroxyl groups is 1. The molecule has 2 aromatic carbocycles. The number of hydrogen-bond acceptors (Lipinski definition) is 3. The van der Waals surface area contributed by atoms with Crippen molar-refractivity contribution in [2.24, 2.45) is 0 Å². The molecule has 0 saturated carbocycles. The monoisotopic (exact) mass is 334 g/mol. The van der Waals surface area contributed by atoms with Crippen LogP contribution in [0.15, 0.2) is 48.5 Å². The summed E-state index contributed by atoms with van der Waals surface area (Å²) in [6, 6.07) is 15.5. The van der Waals surface area contributed by atoms with Crippen molar-refractivity contribution in [1.29, 1.82) is 0 Å².